The number of ether oxygens (including phenoxy) is 3. The molecule has 1 saturated carbocycles. The lowest BCUT2D eigenvalue weighted by Crippen LogP contribution is -2.39. The van der Waals surface area contributed by atoms with Crippen molar-refractivity contribution in [2.24, 2.45) is 17.8 Å². The standard InChI is InChI=1S/C15H24O6/c1-4-19-13(16)10-7-8-11(14(17)20-5-2)12(9-10)15(18)21-6-3/h10-12H,4-9H2,1-3H3. The molecule has 0 radical (unpaired) electrons. The molecule has 0 aliphatic heterocycles. The van der Waals surface area contributed by atoms with Crippen molar-refractivity contribution in [2.45, 2.75) is 40.0 Å². The minimum Gasteiger partial charge on any atom is -0.466 e. The van der Waals surface area contributed by atoms with Crippen LogP contribution in [0.15, 0.2) is 0 Å². The molecule has 0 aromatic carbocycles. The normalized spacial score (nSPS) is 25.0. The molecular formula is C15H24O6. The molecule has 6 heteroatoms. The summed E-state index contributed by atoms with van der Waals surface area (Å²) < 4.78 is 15.1. The average Bonchev–Trinajstić information content (AvgIpc) is 2.47. The first-order valence-electron chi connectivity index (χ1n) is 7.54. The van der Waals surface area contributed by atoms with Crippen LogP contribution in [0.5, 0.6) is 0 Å². The van der Waals surface area contributed by atoms with E-state index in [4.69, 9.17) is 14.2 Å². The molecule has 21 heavy (non-hydrogen) atoms. The predicted octanol–water partition coefficient (Wildman–Crippen LogP) is 1.71. The van der Waals surface area contributed by atoms with Gasteiger partial charge in [-0.3, -0.25) is 14.4 Å². The van der Waals surface area contributed by atoms with Crippen molar-refractivity contribution in [1.29, 1.82) is 0 Å². The molecule has 0 heterocycles. The zero-order valence-electron chi connectivity index (χ0n) is 12.9. The van der Waals surface area contributed by atoms with Gasteiger partial charge in [0.1, 0.15) is 0 Å². The van der Waals surface area contributed by atoms with Gasteiger partial charge >= 0.3 is 17.9 Å². The van der Waals surface area contributed by atoms with Crippen LogP contribution in [-0.2, 0) is 28.6 Å². The van der Waals surface area contributed by atoms with Crippen LogP contribution < -0.4 is 0 Å². The number of carbonyl (C=O) groups excluding carboxylic acids is 3. The van der Waals surface area contributed by atoms with E-state index in [1.165, 1.54) is 0 Å². The summed E-state index contributed by atoms with van der Waals surface area (Å²) in [5, 5.41) is 0. The zero-order chi connectivity index (χ0) is 15.8. The van der Waals surface area contributed by atoms with Gasteiger partial charge in [0.15, 0.2) is 0 Å². The monoisotopic (exact) mass is 300 g/mol. The highest BCUT2D eigenvalue weighted by Crippen LogP contribution is 2.36. The van der Waals surface area contributed by atoms with E-state index < -0.39 is 23.8 Å². The van der Waals surface area contributed by atoms with Gasteiger partial charge in [0.2, 0.25) is 0 Å². The number of hydrogen-bond acceptors (Lipinski definition) is 6. The van der Waals surface area contributed by atoms with Gasteiger partial charge in [-0.15, -0.1) is 0 Å². The van der Waals surface area contributed by atoms with Gasteiger partial charge in [0.05, 0.1) is 37.6 Å². The molecule has 0 aromatic heterocycles. The summed E-state index contributed by atoms with van der Waals surface area (Å²) in [4.78, 5) is 35.9. The molecule has 0 saturated heterocycles. The van der Waals surface area contributed by atoms with Gasteiger partial charge in [0, 0.05) is 0 Å². The number of esters is 3. The first kappa shape index (κ1) is 17.5. The summed E-state index contributed by atoms with van der Waals surface area (Å²) in [5.74, 6) is -2.66. The molecule has 1 fully saturated rings. The first-order chi connectivity index (χ1) is 10.0. The van der Waals surface area contributed by atoms with Crippen LogP contribution in [0.3, 0.4) is 0 Å². The van der Waals surface area contributed by atoms with Crippen LogP contribution in [0.2, 0.25) is 0 Å². The van der Waals surface area contributed by atoms with Crippen LogP contribution >= 0.6 is 0 Å². The average molecular weight is 300 g/mol. The predicted molar refractivity (Wildman–Crippen MR) is 74.2 cm³/mol. The van der Waals surface area contributed by atoms with E-state index >= 15 is 0 Å². The molecule has 1 rings (SSSR count). The van der Waals surface area contributed by atoms with Gasteiger partial charge in [-0.1, -0.05) is 0 Å². The molecular weight excluding hydrogens is 276 g/mol. The SMILES string of the molecule is CCOC(=O)C1CCC(C(=O)OCC)C(C(=O)OCC)C1. The number of carbonyl (C=O) groups is 3. The molecule has 3 unspecified atom stereocenters. The molecule has 6 nitrogen and oxygen atoms in total. The van der Waals surface area contributed by atoms with Crippen LogP contribution in [0, 0.1) is 17.8 Å². The highest BCUT2D eigenvalue weighted by molar-refractivity contribution is 5.83. The van der Waals surface area contributed by atoms with Crippen LogP contribution in [0.1, 0.15) is 40.0 Å². The van der Waals surface area contributed by atoms with Crippen LogP contribution in [0.25, 0.3) is 0 Å². The molecule has 3 atom stereocenters. The topological polar surface area (TPSA) is 78.9 Å². The van der Waals surface area contributed by atoms with Crippen molar-refractivity contribution >= 4 is 17.9 Å². The van der Waals surface area contributed by atoms with E-state index in [2.05, 4.69) is 0 Å². The first-order valence-corrected chi connectivity index (χ1v) is 7.54. The molecule has 0 spiro atoms. The maximum atomic E-state index is 12.1. The Kier molecular flexibility index (Phi) is 7.19. The lowest BCUT2D eigenvalue weighted by molar-refractivity contribution is -0.166. The zero-order valence-corrected chi connectivity index (χ0v) is 12.9. The quantitative estimate of drug-likeness (QED) is 0.549. The lowest BCUT2D eigenvalue weighted by atomic mass is 9.74. The molecule has 0 amide bonds. The molecule has 0 N–H and O–H groups in total. The lowest BCUT2D eigenvalue weighted by Gasteiger charge is -2.32. The van der Waals surface area contributed by atoms with E-state index in [0.29, 0.717) is 19.4 Å². The van der Waals surface area contributed by atoms with Crippen molar-refractivity contribution in [3.05, 3.63) is 0 Å². The van der Waals surface area contributed by atoms with Crippen molar-refractivity contribution in [3.8, 4) is 0 Å². The second kappa shape index (κ2) is 8.64. The Morgan fingerprint density at radius 1 is 0.762 bits per heavy atom. The minimum absolute atomic E-state index is 0.245. The maximum Gasteiger partial charge on any atom is 0.309 e. The largest absolute Gasteiger partial charge is 0.466 e. The fourth-order valence-electron chi connectivity index (χ4n) is 2.69. The molecule has 1 aliphatic carbocycles. The summed E-state index contributed by atoms with van der Waals surface area (Å²) in [6.45, 7) is 6.00. The Balaban J connectivity index is 2.80. The van der Waals surface area contributed by atoms with E-state index in [1.807, 2.05) is 0 Å². The van der Waals surface area contributed by atoms with E-state index in [0.717, 1.165) is 0 Å². The summed E-state index contributed by atoms with van der Waals surface area (Å²) in [5.41, 5.74) is 0. The van der Waals surface area contributed by atoms with Crippen molar-refractivity contribution in [2.75, 3.05) is 19.8 Å². The Morgan fingerprint density at radius 3 is 1.76 bits per heavy atom. The van der Waals surface area contributed by atoms with E-state index in [-0.39, 0.29) is 31.5 Å². The Morgan fingerprint density at radius 2 is 1.24 bits per heavy atom. The number of hydrogen-bond donors (Lipinski definition) is 0. The van der Waals surface area contributed by atoms with Gasteiger partial charge in [-0.05, 0) is 40.0 Å². The Bertz CT molecular complexity index is 378. The van der Waals surface area contributed by atoms with Crippen molar-refractivity contribution < 1.29 is 28.6 Å². The molecule has 120 valence electrons. The Labute approximate surface area is 125 Å². The highest BCUT2D eigenvalue weighted by atomic mass is 16.5. The van der Waals surface area contributed by atoms with E-state index in [9.17, 15) is 14.4 Å². The van der Waals surface area contributed by atoms with Gasteiger partial charge in [-0.2, -0.15) is 0 Å². The Hall–Kier alpha value is -1.59. The summed E-state index contributed by atoms with van der Waals surface area (Å²) >= 11 is 0. The fourth-order valence-corrected chi connectivity index (χ4v) is 2.69. The third-order valence-corrected chi connectivity index (χ3v) is 3.65. The van der Waals surface area contributed by atoms with Gasteiger partial charge < -0.3 is 14.2 Å². The summed E-state index contributed by atoms with van der Waals surface area (Å²) in [6.07, 6.45) is 1.24. The fraction of sp³-hybridized carbons (Fsp3) is 0.800. The summed E-state index contributed by atoms with van der Waals surface area (Å²) in [6, 6.07) is 0. The molecule has 0 bridgehead atoms. The smallest absolute Gasteiger partial charge is 0.309 e. The second-order valence-electron chi connectivity index (χ2n) is 4.98. The maximum absolute atomic E-state index is 12.1. The molecule has 0 aromatic rings. The summed E-state index contributed by atoms with van der Waals surface area (Å²) in [7, 11) is 0. The van der Waals surface area contributed by atoms with Crippen molar-refractivity contribution in [1.82, 2.24) is 0 Å². The van der Waals surface area contributed by atoms with Crippen molar-refractivity contribution in [3.63, 3.8) is 0 Å². The number of rotatable bonds is 6. The van der Waals surface area contributed by atoms with Crippen LogP contribution in [0.4, 0.5) is 0 Å². The molecule has 1 aliphatic rings. The highest BCUT2D eigenvalue weighted by Gasteiger charge is 2.43. The third-order valence-electron chi connectivity index (χ3n) is 3.65. The minimum atomic E-state index is -0.632. The van der Waals surface area contributed by atoms with E-state index in [1.54, 1.807) is 20.8 Å². The van der Waals surface area contributed by atoms with Crippen LogP contribution in [-0.4, -0.2) is 37.7 Å². The second-order valence-corrected chi connectivity index (χ2v) is 4.98. The van der Waals surface area contributed by atoms with Gasteiger partial charge in [-0.25, -0.2) is 0 Å². The third kappa shape index (κ3) is 4.72. The van der Waals surface area contributed by atoms with Gasteiger partial charge in [0.25, 0.3) is 0 Å².